The first-order valence-electron chi connectivity index (χ1n) is 3.16. The minimum atomic E-state index is -0.447. The zero-order chi connectivity index (χ0) is 8.72. The lowest BCUT2D eigenvalue weighted by Crippen LogP contribution is -1.80. The van der Waals surface area contributed by atoms with Gasteiger partial charge >= 0.3 is 0 Å². The second-order valence-electron chi connectivity index (χ2n) is 2.32. The molecule has 12 heavy (non-hydrogen) atoms. The summed E-state index contributed by atoms with van der Waals surface area (Å²) in [6, 6.07) is 1.34. The number of fused-ring (bicyclic) bond motifs is 1. The predicted octanol–water partition coefficient (Wildman–Crippen LogP) is 3.12. The molecule has 5 heteroatoms. The Bertz CT molecular complexity index is 440. The molecule has 0 spiro atoms. The Kier molecular flexibility index (Phi) is 1.81. The maximum atomic E-state index is 13.0. The molecule has 0 bridgehead atoms. The van der Waals surface area contributed by atoms with Crippen LogP contribution in [0.3, 0.4) is 0 Å². The summed E-state index contributed by atoms with van der Waals surface area (Å²) >= 11 is 8.81. The zero-order valence-corrected chi connectivity index (χ0v) is 8.08. The monoisotopic (exact) mass is 248 g/mol. The number of aromatic nitrogens is 2. The predicted molar refractivity (Wildman–Crippen MR) is 48.8 cm³/mol. The largest absolute Gasteiger partial charge is 0.277 e. The van der Waals surface area contributed by atoms with Gasteiger partial charge in [-0.3, -0.25) is 5.10 Å². The Morgan fingerprint density at radius 2 is 2.33 bits per heavy atom. The van der Waals surface area contributed by atoms with E-state index in [1.54, 1.807) is 6.20 Å². The van der Waals surface area contributed by atoms with Gasteiger partial charge in [-0.25, -0.2) is 4.39 Å². The lowest BCUT2D eigenvalue weighted by atomic mass is 10.2. The van der Waals surface area contributed by atoms with Gasteiger partial charge in [0.15, 0.2) is 0 Å². The van der Waals surface area contributed by atoms with Crippen molar-refractivity contribution in [2.75, 3.05) is 0 Å². The number of halogens is 3. The van der Waals surface area contributed by atoms with E-state index >= 15 is 0 Å². The van der Waals surface area contributed by atoms with Gasteiger partial charge in [0.2, 0.25) is 0 Å². The van der Waals surface area contributed by atoms with E-state index in [0.717, 1.165) is 0 Å². The van der Waals surface area contributed by atoms with Crippen molar-refractivity contribution in [2.45, 2.75) is 0 Å². The normalized spacial score (nSPS) is 10.9. The molecule has 1 aromatic carbocycles. The molecule has 0 atom stereocenters. The second kappa shape index (κ2) is 2.71. The summed E-state index contributed by atoms with van der Waals surface area (Å²) < 4.78 is 13.5. The standard InChI is InChI=1S/C7H3BrClFN2/c8-5-6(9)4(10)1-3-2-11-12-7(3)5/h1-2H,(H,11,12). The maximum Gasteiger partial charge on any atom is 0.143 e. The van der Waals surface area contributed by atoms with Gasteiger partial charge in [0.05, 0.1) is 21.2 Å². The van der Waals surface area contributed by atoms with Crippen LogP contribution in [0.4, 0.5) is 4.39 Å². The Morgan fingerprint density at radius 1 is 1.58 bits per heavy atom. The van der Waals surface area contributed by atoms with E-state index in [4.69, 9.17) is 11.6 Å². The van der Waals surface area contributed by atoms with Crippen molar-refractivity contribution in [1.82, 2.24) is 10.2 Å². The second-order valence-corrected chi connectivity index (χ2v) is 3.49. The van der Waals surface area contributed by atoms with Crippen molar-refractivity contribution in [2.24, 2.45) is 0 Å². The van der Waals surface area contributed by atoms with Gasteiger partial charge in [-0.15, -0.1) is 0 Å². The topological polar surface area (TPSA) is 28.7 Å². The van der Waals surface area contributed by atoms with Crippen molar-refractivity contribution in [3.63, 3.8) is 0 Å². The van der Waals surface area contributed by atoms with Crippen LogP contribution in [0.15, 0.2) is 16.7 Å². The summed E-state index contributed by atoms with van der Waals surface area (Å²) in [6.45, 7) is 0. The average Bonchev–Trinajstić information content (AvgIpc) is 2.48. The summed E-state index contributed by atoms with van der Waals surface area (Å²) in [6.07, 6.45) is 1.54. The SMILES string of the molecule is Fc1cc2cn[nH]c2c(Br)c1Cl. The number of hydrogen-bond acceptors (Lipinski definition) is 1. The van der Waals surface area contributed by atoms with Crippen molar-refractivity contribution >= 4 is 38.4 Å². The summed E-state index contributed by atoms with van der Waals surface area (Å²) in [4.78, 5) is 0. The highest BCUT2D eigenvalue weighted by molar-refractivity contribution is 9.10. The van der Waals surface area contributed by atoms with Crippen LogP contribution in [-0.2, 0) is 0 Å². The third-order valence-corrected chi connectivity index (χ3v) is 2.96. The molecule has 0 unspecified atom stereocenters. The molecular formula is C7H3BrClFN2. The van der Waals surface area contributed by atoms with Gasteiger partial charge in [-0.05, 0) is 22.0 Å². The number of aromatic amines is 1. The highest BCUT2D eigenvalue weighted by atomic mass is 79.9. The summed E-state index contributed by atoms with van der Waals surface area (Å²) in [5, 5.41) is 7.25. The molecule has 2 rings (SSSR count). The molecule has 0 saturated carbocycles. The molecular weight excluding hydrogens is 246 g/mol. The van der Waals surface area contributed by atoms with Crippen LogP contribution in [-0.4, -0.2) is 10.2 Å². The van der Waals surface area contributed by atoms with E-state index in [1.165, 1.54) is 6.07 Å². The molecule has 0 aliphatic heterocycles. The van der Waals surface area contributed by atoms with Crippen LogP contribution in [0.25, 0.3) is 10.9 Å². The smallest absolute Gasteiger partial charge is 0.143 e. The molecule has 2 aromatic rings. The van der Waals surface area contributed by atoms with Crippen molar-refractivity contribution in [3.8, 4) is 0 Å². The van der Waals surface area contributed by atoms with E-state index in [2.05, 4.69) is 26.1 Å². The van der Waals surface area contributed by atoms with Crippen molar-refractivity contribution < 1.29 is 4.39 Å². The van der Waals surface area contributed by atoms with E-state index in [-0.39, 0.29) is 5.02 Å². The minimum absolute atomic E-state index is 0.0757. The molecule has 2 nitrogen and oxygen atoms in total. The number of H-pyrrole nitrogens is 1. The number of benzene rings is 1. The summed E-state index contributed by atoms with van der Waals surface area (Å²) in [7, 11) is 0. The Morgan fingerprint density at radius 3 is 3.08 bits per heavy atom. The molecule has 0 aliphatic carbocycles. The fourth-order valence-corrected chi connectivity index (χ4v) is 1.65. The fourth-order valence-electron chi connectivity index (χ4n) is 0.995. The third kappa shape index (κ3) is 1.03. The van der Waals surface area contributed by atoms with E-state index in [0.29, 0.717) is 15.4 Å². The molecule has 62 valence electrons. The highest BCUT2D eigenvalue weighted by Gasteiger charge is 2.10. The van der Waals surface area contributed by atoms with Gasteiger partial charge < -0.3 is 0 Å². The molecule has 0 saturated heterocycles. The fraction of sp³-hybridized carbons (Fsp3) is 0. The summed E-state index contributed by atoms with van der Waals surface area (Å²) in [5.41, 5.74) is 0.710. The van der Waals surface area contributed by atoms with E-state index < -0.39 is 5.82 Å². The first-order chi connectivity index (χ1) is 5.70. The minimum Gasteiger partial charge on any atom is -0.277 e. The first kappa shape index (κ1) is 8.01. The van der Waals surface area contributed by atoms with Crippen LogP contribution in [0, 0.1) is 5.82 Å². The van der Waals surface area contributed by atoms with Crippen LogP contribution in [0.2, 0.25) is 5.02 Å². The van der Waals surface area contributed by atoms with Crippen molar-refractivity contribution in [3.05, 3.63) is 27.6 Å². The van der Waals surface area contributed by atoms with Gasteiger partial charge in [-0.2, -0.15) is 5.10 Å². The number of nitrogens with one attached hydrogen (secondary N) is 1. The number of rotatable bonds is 0. The van der Waals surface area contributed by atoms with Crippen molar-refractivity contribution in [1.29, 1.82) is 0 Å². The number of nitrogens with zero attached hydrogens (tertiary/aromatic N) is 1. The first-order valence-corrected chi connectivity index (χ1v) is 4.34. The number of hydrogen-bond donors (Lipinski definition) is 1. The third-order valence-electron chi connectivity index (χ3n) is 1.57. The van der Waals surface area contributed by atoms with Gasteiger partial charge in [0.25, 0.3) is 0 Å². The van der Waals surface area contributed by atoms with E-state index in [9.17, 15) is 4.39 Å². The van der Waals surface area contributed by atoms with Gasteiger partial charge in [-0.1, -0.05) is 11.6 Å². The van der Waals surface area contributed by atoms with Gasteiger partial charge in [0.1, 0.15) is 5.82 Å². The maximum absolute atomic E-state index is 13.0. The Labute approximate surface area is 80.8 Å². The summed E-state index contributed by atoms with van der Waals surface area (Å²) in [5.74, 6) is -0.447. The molecule has 0 fully saturated rings. The molecule has 0 amide bonds. The molecule has 1 N–H and O–H groups in total. The zero-order valence-electron chi connectivity index (χ0n) is 5.74. The Hall–Kier alpha value is -0.610. The van der Waals surface area contributed by atoms with Crippen LogP contribution < -0.4 is 0 Å². The molecule has 1 heterocycles. The van der Waals surface area contributed by atoms with Gasteiger partial charge in [0, 0.05) is 5.39 Å². The Balaban J connectivity index is 2.94. The lowest BCUT2D eigenvalue weighted by molar-refractivity contribution is 0.629. The quantitative estimate of drug-likeness (QED) is 0.714. The van der Waals surface area contributed by atoms with Crippen LogP contribution >= 0.6 is 27.5 Å². The van der Waals surface area contributed by atoms with Crippen LogP contribution in [0.1, 0.15) is 0 Å². The molecule has 0 aliphatic rings. The van der Waals surface area contributed by atoms with Crippen LogP contribution in [0.5, 0.6) is 0 Å². The molecule has 0 radical (unpaired) electrons. The highest BCUT2D eigenvalue weighted by Crippen LogP contribution is 2.31. The average molecular weight is 249 g/mol. The lowest BCUT2D eigenvalue weighted by Gasteiger charge is -1.97. The van der Waals surface area contributed by atoms with E-state index in [1.807, 2.05) is 0 Å². The molecule has 1 aromatic heterocycles.